The van der Waals surface area contributed by atoms with Crippen molar-refractivity contribution in [1.82, 2.24) is 10.2 Å². The van der Waals surface area contributed by atoms with E-state index in [0.29, 0.717) is 11.8 Å². The lowest BCUT2D eigenvalue weighted by Crippen LogP contribution is -1.99. The van der Waals surface area contributed by atoms with Crippen molar-refractivity contribution >= 4 is 0 Å². The van der Waals surface area contributed by atoms with E-state index in [4.69, 9.17) is 0 Å². The fourth-order valence-electron chi connectivity index (χ4n) is 2.10. The number of aliphatic hydroxyl groups is 1. The highest BCUT2D eigenvalue weighted by Crippen LogP contribution is 2.34. The molecule has 1 heterocycles. The summed E-state index contributed by atoms with van der Waals surface area (Å²) in [5, 5.41) is 16.8. The van der Waals surface area contributed by atoms with Crippen LogP contribution in [0.15, 0.2) is 6.07 Å². The van der Waals surface area contributed by atoms with Crippen LogP contribution >= 0.6 is 0 Å². The number of hydrogen-bond donors (Lipinski definition) is 2. The molecule has 2 rings (SSSR count). The summed E-state index contributed by atoms with van der Waals surface area (Å²) in [5.41, 5.74) is 2.33. The summed E-state index contributed by atoms with van der Waals surface area (Å²) < 4.78 is 0. The summed E-state index contributed by atoms with van der Waals surface area (Å²) in [4.78, 5) is 0. The second-order valence-corrected chi connectivity index (χ2v) is 4.57. The molecule has 0 amide bonds. The molecule has 0 bridgehead atoms. The van der Waals surface area contributed by atoms with Gasteiger partial charge in [0.2, 0.25) is 0 Å². The number of aromatic amines is 1. The zero-order chi connectivity index (χ0) is 10.1. The molecule has 1 aromatic heterocycles. The Kier molecular flexibility index (Phi) is 2.59. The second-order valence-electron chi connectivity index (χ2n) is 4.57. The average molecular weight is 194 g/mol. The summed E-state index contributed by atoms with van der Waals surface area (Å²) in [6, 6.07) is 2.15. The number of hydrogen-bond acceptors (Lipinski definition) is 2. The van der Waals surface area contributed by atoms with Crippen LogP contribution in [0.3, 0.4) is 0 Å². The Balaban J connectivity index is 2.09. The Morgan fingerprint density at radius 3 is 2.79 bits per heavy atom. The topological polar surface area (TPSA) is 48.9 Å². The molecule has 3 nitrogen and oxygen atoms in total. The Morgan fingerprint density at radius 1 is 1.50 bits per heavy atom. The lowest BCUT2D eigenvalue weighted by molar-refractivity contribution is 0.181. The highest BCUT2D eigenvalue weighted by atomic mass is 16.3. The van der Waals surface area contributed by atoms with Gasteiger partial charge in [-0.05, 0) is 31.2 Å². The van der Waals surface area contributed by atoms with E-state index in [9.17, 15) is 5.11 Å². The first-order valence-electron chi connectivity index (χ1n) is 5.40. The number of H-pyrrole nitrogens is 1. The number of nitrogens with zero attached hydrogens (tertiary/aromatic N) is 1. The number of nitrogens with one attached hydrogen (secondary N) is 1. The molecule has 2 atom stereocenters. The molecular formula is C11H18N2O. The summed E-state index contributed by atoms with van der Waals surface area (Å²) >= 11 is 0. The summed E-state index contributed by atoms with van der Waals surface area (Å²) in [6.07, 6.45) is 2.80. The number of rotatable bonds is 2. The molecular weight excluding hydrogens is 176 g/mol. The first kappa shape index (κ1) is 9.71. The van der Waals surface area contributed by atoms with Gasteiger partial charge in [0.15, 0.2) is 0 Å². The Labute approximate surface area is 84.5 Å². The summed E-state index contributed by atoms with van der Waals surface area (Å²) in [6.45, 7) is 4.28. The first-order chi connectivity index (χ1) is 6.66. The summed E-state index contributed by atoms with van der Waals surface area (Å²) in [5.74, 6) is 0.969. The second kappa shape index (κ2) is 3.73. The van der Waals surface area contributed by atoms with Crippen molar-refractivity contribution in [2.24, 2.45) is 0 Å². The molecule has 78 valence electrons. The maximum atomic E-state index is 9.44. The van der Waals surface area contributed by atoms with E-state index < -0.39 is 0 Å². The molecule has 0 aromatic carbocycles. The minimum absolute atomic E-state index is 0.106. The summed E-state index contributed by atoms with van der Waals surface area (Å²) in [7, 11) is 0. The van der Waals surface area contributed by atoms with Crippen LogP contribution < -0.4 is 0 Å². The molecule has 0 saturated heterocycles. The fourth-order valence-corrected chi connectivity index (χ4v) is 2.10. The first-order valence-corrected chi connectivity index (χ1v) is 5.40. The molecule has 2 unspecified atom stereocenters. The zero-order valence-corrected chi connectivity index (χ0v) is 8.83. The normalized spacial score (nSPS) is 27.4. The van der Waals surface area contributed by atoms with Gasteiger partial charge in [0.05, 0.1) is 11.8 Å². The molecule has 1 aromatic rings. The van der Waals surface area contributed by atoms with Crippen LogP contribution in [0.2, 0.25) is 0 Å². The molecule has 3 heteroatoms. The van der Waals surface area contributed by atoms with Gasteiger partial charge >= 0.3 is 0 Å². The molecule has 14 heavy (non-hydrogen) atoms. The van der Waals surface area contributed by atoms with Gasteiger partial charge in [-0.3, -0.25) is 5.10 Å². The van der Waals surface area contributed by atoms with Gasteiger partial charge in [-0.15, -0.1) is 0 Å². The van der Waals surface area contributed by atoms with Crippen molar-refractivity contribution in [3.8, 4) is 0 Å². The van der Waals surface area contributed by atoms with Gasteiger partial charge in [-0.2, -0.15) is 5.10 Å². The number of aliphatic hydroxyl groups excluding tert-OH is 1. The van der Waals surface area contributed by atoms with Crippen LogP contribution in [0.25, 0.3) is 0 Å². The van der Waals surface area contributed by atoms with Crippen LogP contribution in [0.4, 0.5) is 0 Å². The van der Waals surface area contributed by atoms with Gasteiger partial charge in [0.25, 0.3) is 0 Å². The highest BCUT2D eigenvalue weighted by Gasteiger charge is 2.25. The molecule has 0 aliphatic heterocycles. The third-order valence-corrected chi connectivity index (χ3v) is 3.05. The van der Waals surface area contributed by atoms with Crippen molar-refractivity contribution in [3.63, 3.8) is 0 Å². The molecule has 1 saturated carbocycles. The minimum Gasteiger partial charge on any atom is -0.393 e. The van der Waals surface area contributed by atoms with Crippen LogP contribution in [-0.2, 0) is 0 Å². The van der Waals surface area contributed by atoms with Crippen molar-refractivity contribution < 1.29 is 5.11 Å². The van der Waals surface area contributed by atoms with E-state index in [1.165, 1.54) is 5.69 Å². The van der Waals surface area contributed by atoms with Crippen LogP contribution in [-0.4, -0.2) is 21.4 Å². The van der Waals surface area contributed by atoms with E-state index in [1.807, 2.05) is 0 Å². The van der Waals surface area contributed by atoms with Gasteiger partial charge in [0.1, 0.15) is 0 Å². The standard InChI is InChI=1S/C11H18N2O/c1-7(2)10-6-11(13-12-10)8-3-4-9(14)5-8/h6-9,14H,3-5H2,1-2H3,(H,12,13). The Bertz CT molecular complexity index is 306. The Hall–Kier alpha value is -0.830. The van der Waals surface area contributed by atoms with Crippen molar-refractivity contribution in [3.05, 3.63) is 17.5 Å². The van der Waals surface area contributed by atoms with E-state index >= 15 is 0 Å². The third-order valence-electron chi connectivity index (χ3n) is 3.05. The van der Waals surface area contributed by atoms with Crippen LogP contribution in [0.1, 0.15) is 56.3 Å². The van der Waals surface area contributed by atoms with Crippen molar-refractivity contribution in [2.75, 3.05) is 0 Å². The van der Waals surface area contributed by atoms with Crippen molar-refractivity contribution in [2.45, 2.75) is 51.0 Å². The van der Waals surface area contributed by atoms with Gasteiger partial charge < -0.3 is 5.11 Å². The SMILES string of the molecule is CC(C)c1cc(C2CCC(O)C2)[nH]n1. The maximum Gasteiger partial charge on any atom is 0.0650 e. The maximum absolute atomic E-state index is 9.44. The van der Waals surface area contributed by atoms with E-state index in [-0.39, 0.29) is 6.10 Å². The predicted molar refractivity (Wildman–Crippen MR) is 55.3 cm³/mol. The monoisotopic (exact) mass is 194 g/mol. The Morgan fingerprint density at radius 2 is 2.29 bits per heavy atom. The third kappa shape index (κ3) is 1.82. The molecule has 1 aliphatic carbocycles. The minimum atomic E-state index is -0.106. The van der Waals surface area contributed by atoms with Gasteiger partial charge in [0, 0.05) is 11.6 Å². The largest absolute Gasteiger partial charge is 0.393 e. The van der Waals surface area contributed by atoms with Crippen LogP contribution in [0.5, 0.6) is 0 Å². The van der Waals surface area contributed by atoms with Gasteiger partial charge in [-0.1, -0.05) is 13.8 Å². The molecule has 0 radical (unpaired) electrons. The molecule has 1 aliphatic rings. The molecule has 2 N–H and O–H groups in total. The quantitative estimate of drug-likeness (QED) is 0.758. The lowest BCUT2D eigenvalue weighted by Gasteiger charge is -2.04. The predicted octanol–water partition coefficient (Wildman–Crippen LogP) is 2.16. The smallest absolute Gasteiger partial charge is 0.0650 e. The molecule has 1 fully saturated rings. The lowest BCUT2D eigenvalue weighted by atomic mass is 10.0. The van der Waals surface area contributed by atoms with E-state index in [0.717, 1.165) is 25.0 Å². The zero-order valence-electron chi connectivity index (χ0n) is 8.83. The molecule has 0 spiro atoms. The van der Waals surface area contributed by atoms with E-state index in [2.05, 4.69) is 30.1 Å². The van der Waals surface area contributed by atoms with Crippen molar-refractivity contribution in [1.29, 1.82) is 0 Å². The average Bonchev–Trinajstić information content (AvgIpc) is 2.70. The fraction of sp³-hybridized carbons (Fsp3) is 0.727. The number of aromatic nitrogens is 2. The van der Waals surface area contributed by atoms with E-state index in [1.54, 1.807) is 0 Å². The van der Waals surface area contributed by atoms with Crippen LogP contribution in [0, 0.1) is 0 Å². The van der Waals surface area contributed by atoms with Gasteiger partial charge in [-0.25, -0.2) is 0 Å². The highest BCUT2D eigenvalue weighted by molar-refractivity contribution is 5.16.